The third-order valence-electron chi connectivity index (χ3n) is 5.43. The number of aromatic nitrogens is 3. The fraction of sp³-hybridized carbons (Fsp3) is 0.409. The lowest BCUT2D eigenvalue weighted by molar-refractivity contribution is 0.0560. The Morgan fingerprint density at radius 2 is 2.10 bits per heavy atom. The molecule has 1 amide bonds. The van der Waals surface area contributed by atoms with Gasteiger partial charge >= 0.3 is 0 Å². The zero-order valence-electron chi connectivity index (χ0n) is 17.2. The second-order valence-electron chi connectivity index (χ2n) is 7.76. The molecule has 1 N–H and O–H groups in total. The Bertz CT molecular complexity index is 1010. The number of amides is 1. The van der Waals surface area contributed by atoms with E-state index in [1.165, 1.54) is 11.3 Å². The molecule has 4 rings (SSSR count). The van der Waals surface area contributed by atoms with Gasteiger partial charge in [-0.25, -0.2) is 14.1 Å². The zero-order chi connectivity index (χ0) is 21.1. The first kappa shape index (κ1) is 20.7. The lowest BCUT2D eigenvalue weighted by Crippen LogP contribution is -2.49. The topological polar surface area (TPSA) is 63.1 Å². The van der Waals surface area contributed by atoms with E-state index in [0.717, 1.165) is 36.5 Å². The molecule has 1 aliphatic heterocycles. The van der Waals surface area contributed by atoms with Crippen molar-refractivity contribution in [1.82, 2.24) is 25.0 Å². The van der Waals surface area contributed by atoms with Crippen molar-refractivity contribution in [1.29, 1.82) is 0 Å². The quantitative estimate of drug-likeness (QED) is 0.644. The summed E-state index contributed by atoms with van der Waals surface area (Å²) in [6, 6.07) is 7.61. The van der Waals surface area contributed by atoms with Crippen molar-refractivity contribution in [3.63, 3.8) is 0 Å². The Kier molecular flexibility index (Phi) is 6.24. The third kappa shape index (κ3) is 4.15. The van der Waals surface area contributed by atoms with E-state index in [-0.39, 0.29) is 18.0 Å². The average Bonchev–Trinajstić information content (AvgIpc) is 3.44. The largest absolute Gasteiger partial charge is 0.332 e. The maximum Gasteiger partial charge on any atom is 0.273 e. The number of hydrogen-bond acceptors (Lipinski definition) is 5. The van der Waals surface area contributed by atoms with E-state index in [9.17, 15) is 9.18 Å². The summed E-state index contributed by atoms with van der Waals surface area (Å²) in [5.74, 6) is -0.0189. The van der Waals surface area contributed by atoms with Gasteiger partial charge in [0.2, 0.25) is 0 Å². The number of carbonyl (C=O) groups is 1. The van der Waals surface area contributed by atoms with Crippen LogP contribution in [0, 0.1) is 0 Å². The molecule has 1 aliphatic rings. The first-order chi connectivity index (χ1) is 14.6. The normalized spacial score (nSPS) is 14.9. The summed E-state index contributed by atoms with van der Waals surface area (Å²) >= 11 is 1.43. The number of nitrogens with zero attached hydrogens (tertiary/aromatic N) is 4. The van der Waals surface area contributed by atoms with E-state index >= 15 is 0 Å². The highest BCUT2D eigenvalue weighted by atomic mass is 32.1. The van der Waals surface area contributed by atoms with Gasteiger partial charge in [-0.2, -0.15) is 5.10 Å². The van der Waals surface area contributed by atoms with E-state index in [1.54, 1.807) is 16.9 Å². The Morgan fingerprint density at radius 3 is 2.83 bits per heavy atom. The summed E-state index contributed by atoms with van der Waals surface area (Å²) in [6.45, 7) is 5.42. The van der Waals surface area contributed by atoms with Crippen molar-refractivity contribution >= 4 is 17.2 Å². The molecule has 1 aromatic carbocycles. The number of rotatable bonds is 6. The smallest absolute Gasteiger partial charge is 0.273 e. The van der Waals surface area contributed by atoms with Gasteiger partial charge in [0.05, 0.1) is 11.9 Å². The third-order valence-corrected chi connectivity index (χ3v) is 6.32. The molecule has 0 radical (unpaired) electrons. The van der Waals surface area contributed by atoms with Gasteiger partial charge in [0.25, 0.3) is 5.91 Å². The number of para-hydroxylation sites is 1. The van der Waals surface area contributed by atoms with Crippen molar-refractivity contribution in [2.24, 2.45) is 0 Å². The minimum atomic E-state index is -0.553. The predicted octanol–water partition coefficient (Wildman–Crippen LogP) is 4.07. The number of benzene rings is 1. The highest BCUT2D eigenvalue weighted by Crippen LogP contribution is 2.27. The Hall–Kier alpha value is -2.58. The molecule has 30 heavy (non-hydrogen) atoms. The molecule has 2 aromatic heterocycles. The molecule has 0 bridgehead atoms. The number of nitrogens with one attached hydrogen (secondary N) is 1. The van der Waals surface area contributed by atoms with Crippen molar-refractivity contribution in [3.05, 3.63) is 53.3 Å². The molecular weight excluding hydrogens is 401 g/mol. The predicted molar refractivity (Wildman–Crippen MR) is 117 cm³/mol. The first-order valence-electron chi connectivity index (χ1n) is 10.3. The van der Waals surface area contributed by atoms with Gasteiger partial charge in [-0.3, -0.25) is 4.79 Å². The van der Waals surface area contributed by atoms with E-state index in [0.29, 0.717) is 16.9 Å². The summed E-state index contributed by atoms with van der Waals surface area (Å²) < 4.78 is 14.9. The van der Waals surface area contributed by atoms with Crippen LogP contribution in [-0.2, 0) is 6.67 Å². The number of carbonyl (C=O) groups excluding carboxylic acids is 1. The van der Waals surface area contributed by atoms with Crippen LogP contribution in [0.15, 0.2) is 42.0 Å². The summed E-state index contributed by atoms with van der Waals surface area (Å²) in [6.07, 6.45) is 5.45. The van der Waals surface area contributed by atoms with Gasteiger partial charge in [0, 0.05) is 34.8 Å². The molecular formula is C22H26FN5OS. The monoisotopic (exact) mass is 427 g/mol. The molecule has 6 nitrogen and oxygen atoms in total. The maximum absolute atomic E-state index is 13.3. The summed E-state index contributed by atoms with van der Waals surface area (Å²) in [7, 11) is 0. The lowest BCUT2D eigenvalue weighted by Gasteiger charge is -2.37. The number of hydrogen-bond donors (Lipinski definition) is 1. The van der Waals surface area contributed by atoms with Crippen molar-refractivity contribution in [2.45, 2.75) is 45.4 Å². The second kappa shape index (κ2) is 9.06. The van der Waals surface area contributed by atoms with Gasteiger partial charge in [-0.1, -0.05) is 18.2 Å². The number of piperidine rings is 1. The molecule has 1 fully saturated rings. The Labute approximate surface area is 179 Å². The van der Waals surface area contributed by atoms with E-state index in [1.807, 2.05) is 34.7 Å². The van der Waals surface area contributed by atoms with Gasteiger partial charge < -0.3 is 10.2 Å². The lowest BCUT2D eigenvalue weighted by atomic mass is 10.0. The molecule has 0 saturated carbocycles. The number of alkyl halides is 1. The molecule has 3 heterocycles. The minimum Gasteiger partial charge on any atom is -0.332 e. The molecule has 158 valence electrons. The fourth-order valence-corrected chi connectivity index (χ4v) is 4.73. The molecule has 8 heteroatoms. The maximum atomic E-state index is 13.3. The highest BCUT2D eigenvalue weighted by Gasteiger charge is 2.29. The van der Waals surface area contributed by atoms with Crippen LogP contribution in [-0.4, -0.2) is 50.7 Å². The van der Waals surface area contributed by atoms with Crippen LogP contribution in [0.25, 0.3) is 16.3 Å². The van der Waals surface area contributed by atoms with E-state index in [4.69, 9.17) is 0 Å². The molecule has 3 aromatic rings. The van der Waals surface area contributed by atoms with E-state index < -0.39 is 6.67 Å². The Morgan fingerprint density at radius 1 is 1.33 bits per heavy atom. The van der Waals surface area contributed by atoms with Crippen LogP contribution in [0.3, 0.4) is 0 Å². The SMILES string of the molecule is CC(C)N(C(=O)c1csc(-c2cnn(-c3ccccc3CF)c2)n1)C1CCNCC1. The number of halogens is 1. The molecule has 0 spiro atoms. The van der Waals surface area contributed by atoms with Crippen LogP contribution < -0.4 is 5.32 Å². The first-order valence-corrected chi connectivity index (χ1v) is 11.1. The average molecular weight is 428 g/mol. The summed E-state index contributed by atoms with van der Waals surface area (Å²) in [4.78, 5) is 19.8. The molecule has 0 unspecified atom stereocenters. The number of thiazole rings is 1. The van der Waals surface area contributed by atoms with Crippen LogP contribution in [0.1, 0.15) is 42.7 Å². The second-order valence-corrected chi connectivity index (χ2v) is 8.62. The molecule has 0 aliphatic carbocycles. The van der Waals surface area contributed by atoms with Crippen LogP contribution in [0.5, 0.6) is 0 Å². The van der Waals surface area contributed by atoms with E-state index in [2.05, 4.69) is 29.2 Å². The highest BCUT2D eigenvalue weighted by molar-refractivity contribution is 7.13. The van der Waals surface area contributed by atoms with Crippen LogP contribution >= 0.6 is 11.3 Å². The Balaban J connectivity index is 1.57. The van der Waals surface area contributed by atoms with Crippen molar-refractivity contribution < 1.29 is 9.18 Å². The van der Waals surface area contributed by atoms with Gasteiger partial charge in [-0.15, -0.1) is 11.3 Å². The summed E-state index contributed by atoms with van der Waals surface area (Å²) in [5, 5.41) is 10.3. The van der Waals surface area contributed by atoms with Crippen LogP contribution in [0.2, 0.25) is 0 Å². The fourth-order valence-electron chi connectivity index (χ4n) is 3.96. The van der Waals surface area contributed by atoms with Crippen LogP contribution in [0.4, 0.5) is 4.39 Å². The zero-order valence-corrected chi connectivity index (χ0v) is 18.0. The van der Waals surface area contributed by atoms with Crippen molar-refractivity contribution in [3.8, 4) is 16.3 Å². The molecule has 1 saturated heterocycles. The van der Waals surface area contributed by atoms with Crippen molar-refractivity contribution in [2.75, 3.05) is 13.1 Å². The minimum absolute atomic E-state index is 0.0189. The van der Waals surface area contributed by atoms with Gasteiger partial charge in [0.15, 0.2) is 0 Å². The van der Waals surface area contributed by atoms with Gasteiger partial charge in [-0.05, 0) is 45.8 Å². The standard InChI is InChI=1S/C22H26FN5OS/c1-15(2)28(18-7-9-24-10-8-18)22(29)19-14-30-21(26-19)17-12-25-27(13-17)20-6-4-3-5-16(20)11-23/h3-6,12-15,18,24H,7-11H2,1-2H3. The van der Waals surface area contributed by atoms with Gasteiger partial charge in [0.1, 0.15) is 17.4 Å². The molecule has 0 atom stereocenters. The summed E-state index contributed by atoms with van der Waals surface area (Å²) in [5.41, 5.74) is 2.57.